The zero-order valence-corrected chi connectivity index (χ0v) is 19.9. The molecule has 1 amide bonds. The number of amides is 1. The molecule has 1 atom stereocenters. The predicted octanol–water partition coefficient (Wildman–Crippen LogP) is 4.92. The third-order valence-electron chi connectivity index (χ3n) is 5.87. The molecule has 174 valence electrons. The molecule has 1 aliphatic heterocycles. The summed E-state index contributed by atoms with van der Waals surface area (Å²) < 4.78 is 11.4. The van der Waals surface area contributed by atoms with Crippen molar-refractivity contribution in [2.75, 3.05) is 13.7 Å². The molecule has 4 aromatic rings. The van der Waals surface area contributed by atoms with E-state index in [4.69, 9.17) is 32.4 Å². The van der Waals surface area contributed by atoms with E-state index in [9.17, 15) is 4.79 Å². The van der Waals surface area contributed by atoms with Gasteiger partial charge in [-0.15, -0.1) is 10.2 Å². The average molecular weight is 499 g/mol. The van der Waals surface area contributed by atoms with Crippen LogP contribution in [0, 0.1) is 6.92 Å². The Morgan fingerprint density at radius 2 is 1.94 bits per heavy atom. The van der Waals surface area contributed by atoms with Gasteiger partial charge in [-0.3, -0.25) is 4.79 Å². The van der Waals surface area contributed by atoms with E-state index < -0.39 is 0 Å². The molecule has 2 aromatic carbocycles. The lowest BCUT2D eigenvalue weighted by Crippen LogP contribution is -2.31. The Hall–Kier alpha value is -3.43. The van der Waals surface area contributed by atoms with Crippen molar-refractivity contribution in [1.82, 2.24) is 30.1 Å². The van der Waals surface area contributed by atoms with E-state index in [0.717, 1.165) is 17.5 Å². The summed E-state index contributed by atoms with van der Waals surface area (Å²) in [6.45, 7) is 2.43. The van der Waals surface area contributed by atoms with Crippen molar-refractivity contribution in [3.05, 3.63) is 69.8 Å². The van der Waals surface area contributed by atoms with E-state index >= 15 is 0 Å². The normalized spacial score (nSPS) is 15.6. The number of rotatable bonds is 5. The number of carbonyl (C=O) groups is 1. The molecule has 0 spiro atoms. The van der Waals surface area contributed by atoms with Gasteiger partial charge < -0.3 is 14.1 Å². The van der Waals surface area contributed by atoms with Gasteiger partial charge in [0.25, 0.3) is 5.91 Å². The third-order valence-corrected chi connectivity index (χ3v) is 6.58. The second-order valence-corrected chi connectivity index (χ2v) is 8.65. The van der Waals surface area contributed by atoms with Crippen LogP contribution in [-0.4, -0.2) is 49.7 Å². The topological polar surface area (TPSA) is 99.2 Å². The van der Waals surface area contributed by atoms with Crippen molar-refractivity contribution in [1.29, 1.82) is 0 Å². The number of carbonyl (C=O) groups excluding carboxylic acids is 1. The molecule has 1 fully saturated rings. The molecule has 2 aromatic heterocycles. The molecular formula is C23H20Cl2N6O3. The first-order valence-electron chi connectivity index (χ1n) is 10.6. The second kappa shape index (κ2) is 9.08. The van der Waals surface area contributed by atoms with Crippen molar-refractivity contribution in [3.8, 4) is 22.9 Å². The number of methoxy groups -OCH3 is 1. The Labute approximate surface area is 205 Å². The number of likely N-dealkylation sites (tertiary alicyclic amines) is 1. The van der Waals surface area contributed by atoms with Crippen molar-refractivity contribution in [2.24, 2.45) is 0 Å². The first kappa shape index (κ1) is 22.4. The third kappa shape index (κ3) is 3.91. The number of hydrogen-bond acceptors (Lipinski definition) is 7. The highest BCUT2D eigenvalue weighted by Gasteiger charge is 2.36. The van der Waals surface area contributed by atoms with E-state index in [1.54, 1.807) is 17.0 Å². The lowest BCUT2D eigenvalue weighted by molar-refractivity contribution is 0.0715. The van der Waals surface area contributed by atoms with Gasteiger partial charge in [-0.05, 0) is 49.6 Å². The van der Waals surface area contributed by atoms with Gasteiger partial charge in [0.15, 0.2) is 0 Å². The van der Waals surface area contributed by atoms with E-state index in [-0.39, 0.29) is 11.9 Å². The minimum Gasteiger partial charge on any atom is -0.495 e. The smallest absolute Gasteiger partial charge is 0.256 e. The van der Waals surface area contributed by atoms with Crippen LogP contribution in [0.1, 0.15) is 40.7 Å². The summed E-state index contributed by atoms with van der Waals surface area (Å²) in [5.74, 6) is 0.889. The first-order valence-corrected chi connectivity index (χ1v) is 11.4. The Balaban J connectivity index is 1.50. The molecular weight excluding hydrogens is 479 g/mol. The van der Waals surface area contributed by atoms with Gasteiger partial charge in [-0.1, -0.05) is 29.3 Å². The van der Waals surface area contributed by atoms with Crippen molar-refractivity contribution in [3.63, 3.8) is 0 Å². The molecule has 0 radical (unpaired) electrons. The largest absolute Gasteiger partial charge is 0.495 e. The number of aromatic nitrogens is 5. The van der Waals surface area contributed by atoms with Crippen LogP contribution in [0.4, 0.5) is 0 Å². The van der Waals surface area contributed by atoms with Crippen LogP contribution < -0.4 is 4.74 Å². The van der Waals surface area contributed by atoms with Crippen LogP contribution in [-0.2, 0) is 0 Å². The second-order valence-electron chi connectivity index (χ2n) is 7.84. The highest BCUT2D eigenvalue weighted by Crippen LogP contribution is 2.37. The number of halogens is 2. The molecule has 0 N–H and O–H groups in total. The van der Waals surface area contributed by atoms with E-state index in [1.165, 1.54) is 24.3 Å². The van der Waals surface area contributed by atoms with Crippen LogP contribution in [0.15, 0.2) is 47.1 Å². The number of ether oxygens (including phenoxy) is 1. The molecule has 5 rings (SSSR count). The van der Waals surface area contributed by atoms with Gasteiger partial charge in [0, 0.05) is 17.1 Å². The number of benzene rings is 2. The van der Waals surface area contributed by atoms with Gasteiger partial charge in [-0.25, -0.2) is 0 Å². The summed E-state index contributed by atoms with van der Waals surface area (Å²) >= 11 is 12.6. The van der Waals surface area contributed by atoms with Crippen LogP contribution in [0.3, 0.4) is 0 Å². The molecule has 34 heavy (non-hydrogen) atoms. The van der Waals surface area contributed by atoms with Crippen LogP contribution in [0.25, 0.3) is 17.1 Å². The fourth-order valence-corrected chi connectivity index (χ4v) is 4.52. The summed E-state index contributed by atoms with van der Waals surface area (Å²) in [6.07, 6.45) is 4.55. The Morgan fingerprint density at radius 3 is 2.71 bits per heavy atom. The zero-order valence-electron chi connectivity index (χ0n) is 18.4. The molecule has 0 aliphatic carbocycles. The lowest BCUT2D eigenvalue weighted by atomic mass is 10.1. The van der Waals surface area contributed by atoms with Gasteiger partial charge >= 0.3 is 0 Å². The highest BCUT2D eigenvalue weighted by atomic mass is 35.5. The maximum Gasteiger partial charge on any atom is 0.256 e. The van der Waals surface area contributed by atoms with E-state index in [2.05, 4.69) is 20.4 Å². The van der Waals surface area contributed by atoms with Gasteiger partial charge in [0.2, 0.25) is 11.8 Å². The monoisotopic (exact) mass is 498 g/mol. The zero-order chi connectivity index (χ0) is 23.8. The minimum atomic E-state index is -0.367. The van der Waals surface area contributed by atoms with Crippen molar-refractivity contribution in [2.45, 2.75) is 25.8 Å². The summed E-state index contributed by atoms with van der Waals surface area (Å²) in [4.78, 5) is 16.8. The quantitative estimate of drug-likeness (QED) is 0.384. The van der Waals surface area contributed by atoms with Crippen molar-refractivity contribution < 1.29 is 13.9 Å². The molecule has 1 aliphatic rings. The van der Waals surface area contributed by atoms with E-state index in [1.807, 2.05) is 25.1 Å². The first-order chi connectivity index (χ1) is 16.5. The molecule has 9 nitrogen and oxygen atoms in total. The summed E-state index contributed by atoms with van der Waals surface area (Å²) in [5.41, 5.74) is 2.42. The highest BCUT2D eigenvalue weighted by molar-refractivity contribution is 6.32. The number of nitrogens with zero attached hydrogens (tertiary/aromatic N) is 6. The summed E-state index contributed by atoms with van der Waals surface area (Å²) in [7, 11) is 1.50. The minimum absolute atomic E-state index is 0.233. The standard InChI is InChI=1S/C23H20Cl2N6O3/c1-13-14(5-3-6-16(13)24)21-28-29-22(34-21)18-7-4-10-30(18)23(32)15-11-20(33-2)17(25)12-19(15)31-26-8-9-27-31/h3,5-6,8-9,11-12,18H,4,7,10H2,1-2H3. The summed E-state index contributed by atoms with van der Waals surface area (Å²) in [5, 5.41) is 17.8. The average Bonchev–Trinajstić information content (AvgIpc) is 3.61. The number of hydrogen-bond donors (Lipinski definition) is 0. The maximum atomic E-state index is 13.8. The maximum absolute atomic E-state index is 13.8. The van der Waals surface area contributed by atoms with Gasteiger partial charge in [0.1, 0.15) is 17.5 Å². The van der Waals surface area contributed by atoms with E-state index in [0.29, 0.717) is 51.8 Å². The van der Waals surface area contributed by atoms with Crippen molar-refractivity contribution >= 4 is 29.1 Å². The SMILES string of the molecule is COc1cc(C(=O)N2CCCC2c2nnc(-c3cccc(Cl)c3C)o2)c(-n2nccn2)cc1Cl. The molecule has 3 heterocycles. The molecule has 0 bridgehead atoms. The molecule has 0 saturated carbocycles. The summed E-state index contributed by atoms with van der Waals surface area (Å²) in [6, 6.07) is 8.37. The Morgan fingerprint density at radius 1 is 1.15 bits per heavy atom. The van der Waals surface area contributed by atoms with Crippen LogP contribution in [0.2, 0.25) is 10.0 Å². The lowest BCUT2D eigenvalue weighted by Gasteiger charge is -2.23. The molecule has 1 saturated heterocycles. The predicted molar refractivity (Wildman–Crippen MR) is 125 cm³/mol. The Kier molecular flexibility index (Phi) is 5.97. The van der Waals surface area contributed by atoms with Gasteiger partial charge in [-0.2, -0.15) is 15.0 Å². The van der Waals surface area contributed by atoms with Gasteiger partial charge in [0.05, 0.1) is 30.1 Å². The fourth-order valence-electron chi connectivity index (χ4n) is 4.11. The molecule has 11 heteroatoms. The molecule has 1 unspecified atom stereocenters. The fraction of sp³-hybridized carbons (Fsp3) is 0.261. The Bertz CT molecular complexity index is 1360. The van der Waals surface area contributed by atoms with Crippen LogP contribution >= 0.6 is 23.2 Å². The van der Waals surface area contributed by atoms with Crippen LogP contribution in [0.5, 0.6) is 5.75 Å².